The van der Waals surface area contributed by atoms with Gasteiger partial charge in [0.05, 0.1) is 27.4 Å². The van der Waals surface area contributed by atoms with Crippen LogP contribution in [0.4, 0.5) is 17.1 Å². The summed E-state index contributed by atoms with van der Waals surface area (Å²) < 4.78 is 27.4. The molecule has 3 aromatic rings. The van der Waals surface area contributed by atoms with Gasteiger partial charge < -0.3 is 4.98 Å². The fourth-order valence-corrected chi connectivity index (χ4v) is 3.55. The van der Waals surface area contributed by atoms with Crippen molar-refractivity contribution >= 4 is 44.9 Å². The van der Waals surface area contributed by atoms with E-state index in [0.29, 0.717) is 10.7 Å². The van der Waals surface area contributed by atoms with Gasteiger partial charge in [-0.25, -0.2) is 8.42 Å². The number of hydrogen-bond donors (Lipinski definition) is 3. The lowest BCUT2D eigenvalue weighted by atomic mass is 10.3. The standard InChI is InChI=1S/C17H14ClN5O4S/c18-12-3-1-4-13(9-12)22-28(26,27)15-6-7-16(17(10-15)23(24)25)21-20-11-14-5-2-8-19-14/h1-11,19,21-22H. The minimum Gasteiger partial charge on any atom is -0.360 e. The molecule has 1 heterocycles. The average Bonchev–Trinajstić information content (AvgIpc) is 3.14. The number of H-pyrrole nitrogens is 1. The molecular formula is C17H14ClN5O4S. The normalized spacial score (nSPS) is 11.5. The number of hydrazone groups is 1. The Morgan fingerprint density at radius 2 is 1.96 bits per heavy atom. The number of nitro benzene ring substituents is 1. The molecule has 2 aromatic carbocycles. The smallest absolute Gasteiger partial charge is 0.295 e. The maximum atomic E-state index is 12.5. The van der Waals surface area contributed by atoms with E-state index < -0.39 is 20.6 Å². The van der Waals surface area contributed by atoms with Crippen molar-refractivity contribution in [3.8, 4) is 0 Å². The summed E-state index contributed by atoms with van der Waals surface area (Å²) in [5.74, 6) is 0. The number of aromatic nitrogens is 1. The van der Waals surface area contributed by atoms with Gasteiger partial charge in [-0.05, 0) is 42.5 Å². The van der Waals surface area contributed by atoms with Crippen LogP contribution in [0.5, 0.6) is 0 Å². The Morgan fingerprint density at radius 3 is 2.64 bits per heavy atom. The topological polar surface area (TPSA) is 129 Å². The van der Waals surface area contributed by atoms with E-state index in [1.807, 2.05) is 0 Å². The predicted molar refractivity (Wildman–Crippen MR) is 107 cm³/mol. The molecule has 0 aliphatic carbocycles. The first-order valence-electron chi connectivity index (χ1n) is 7.84. The zero-order chi connectivity index (χ0) is 20.1. The summed E-state index contributed by atoms with van der Waals surface area (Å²) in [5, 5.41) is 15.6. The van der Waals surface area contributed by atoms with E-state index in [2.05, 4.69) is 20.2 Å². The second-order valence-corrected chi connectivity index (χ2v) is 7.67. The molecule has 0 aliphatic rings. The molecule has 0 radical (unpaired) electrons. The highest BCUT2D eigenvalue weighted by Crippen LogP contribution is 2.29. The number of nitro groups is 1. The van der Waals surface area contributed by atoms with Crippen LogP contribution < -0.4 is 10.1 Å². The molecular weight excluding hydrogens is 406 g/mol. The molecule has 1 aromatic heterocycles. The molecule has 0 bridgehead atoms. The number of sulfonamides is 1. The molecule has 0 fully saturated rings. The molecule has 144 valence electrons. The Morgan fingerprint density at radius 1 is 1.14 bits per heavy atom. The van der Waals surface area contributed by atoms with E-state index in [9.17, 15) is 18.5 Å². The largest absolute Gasteiger partial charge is 0.360 e. The van der Waals surface area contributed by atoms with Gasteiger partial charge in [0.1, 0.15) is 5.69 Å². The first-order chi connectivity index (χ1) is 13.3. The van der Waals surface area contributed by atoms with Crippen LogP contribution in [0.15, 0.2) is 70.8 Å². The second-order valence-electron chi connectivity index (χ2n) is 5.55. The third-order valence-electron chi connectivity index (χ3n) is 3.56. The van der Waals surface area contributed by atoms with E-state index in [4.69, 9.17) is 11.6 Å². The third kappa shape index (κ3) is 4.67. The zero-order valence-electron chi connectivity index (χ0n) is 14.2. The number of rotatable bonds is 7. The van der Waals surface area contributed by atoms with E-state index in [0.717, 1.165) is 6.07 Å². The van der Waals surface area contributed by atoms with Crippen molar-refractivity contribution < 1.29 is 13.3 Å². The molecule has 11 heteroatoms. The van der Waals surface area contributed by atoms with Crippen LogP contribution in [0.25, 0.3) is 0 Å². The summed E-state index contributed by atoms with van der Waals surface area (Å²) in [5.41, 5.74) is 3.10. The molecule has 9 nitrogen and oxygen atoms in total. The van der Waals surface area contributed by atoms with E-state index in [1.165, 1.54) is 30.5 Å². The van der Waals surface area contributed by atoms with Gasteiger partial charge in [0.15, 0.2) is 0 Å². The van der Waals surface area contributed by atoms with Crippen molar-refractivity contribution in [1.29, 1.82) is 0 Å². The molecule has 0 spiro atoms. The van der Waals surface area contributed by atoms with Crippen molar-refractivity contribution in [2.45, 2.75) is 4.90 Å². The van der Waals surface area contributed by atoms with Gasteiger partial charge in [-0.1, -0.05) is 17.7 Å². The lowest BCUT2D eigenvalue weighted by Gasteiger charge is -2.09. The van der Waals surface area contributed by atoms with E-state index >= 15 is 0 Å². The molecule has 0 amide bonds. The number of anilines is 2. The molecule has 0 aliphatic heterocycles. The number of nitrogens with zero attached hydrogens (tertiary/aromatic N) is 2. The highest BCUT2D eigenvalue weighted by atomic mass is 35.5. The quantitative estimate of drug-likeness (QED) is 0.304. The highest BCUT2D eigenvalue weighted by Gasteiger charge is 2.21. The summed E-state index contributed by atoms with van der Waals surface area (Å²) >= 11 is 5.84. The summed E-state index contributed by atoms with van der Waals surface area (Å²) in [6, 6.07) is 13.1. The first-order valence-corrected chi connectivity index (χ1v) is 9.70. The van der Waals surface area contributed by atoms with Crippen LogP contribution in [-0.2, 0) is 10.0 Å². The Bertz CT molecular complexity index is 1130. The van der Waals surface area contributed by atoms with Crippen molar-refractivity contribution in [1.82, 2.24) is 4.98 Å². The van der Waals surface area contributed by atoms with Crippen LogP contribution in [0.2, 0.25) is 5.02 Å². The predicted octanol–water partition coefficient (Wildman–Crippen LogP) is 3.82. The molecule has 0 unspecified atom stereocenters. The number of aromatic amines is 1. The molecule has 3 N–H and O–H groups in total. The van der Waals surface area contributed by atoms with E-state index in [-0.39, 0.29) is 16.3 Å². The summed E-state index contributed by atoms with van der Waals surface area (Å²) in [6.45, 7) is 0. The van der Waals surface area contributed by atoms with Gasteiger partial charge in [0.25, 0.3) is 15.7 Å². The van der Waals surface area contributed by atoms with Crippen LogP contribution in [-0.4, -0.2) is 24.5 Å². The van der Waals surface area contributed by atoms with Gasteiger partial charge >= 0.3 is 0 Å². The Labute approximate surface area is 165 Å². The highest BCUT2D eigenvalue weighted by molar-refractivity contribution is 7.92. The van der Waals surface area contributed by atoms with E-state index in [1.54, 1.807) is 30.5 Å². The SMILES string of the molecule is O=[N+]([O-])c1cc(S(=O)(=O)Nc2cccc(Cl)c2)ccc1NN=Cc1ccc[nH]1. The summed E-state index contributed by atoms with van der Waals surface area (Å²) in [4.78, 5) is 13.3. The Kier molecular flexibility index (Phi) is 5.62. The maximum Gasteiger partial charge on any atom is 0.295 e. The van der Waals surface area contributed by atoms with Crippen molar-refractivity contribution in [2.75, 3.05) is 10.1 Å². The third-order valence-corrected chi connectivity index (χ3v) is 5.18. The molecule has 28 heavy (non-hydrogen) atoms. The fraction of sp³-hybridized carbons (Fsp3) is 0. The second kappa shape index (κ2) is 8.11. The molecule has 0 saturated carbocycles. The van der Waals surface area contributed by atoms with Gasteiger partial charge in [-0.15, -0.1) is 0 Å². The van der Waals surface area contributed by atoms with Crippen LogP contribution in [0, 0.1) is 10.1 Å². The Hall–Kier alpha value is -3.37. The number of hydrogen-bond acceptors (Lipinski definition) is 6. The minimum atomic E-state index is -4.04. The fourth-order valence-electron chi connectivity index (χ4n) is 2.29. The monoisotopic (exact) mass is 419 g/mol. The van der Waals surface area contributed by atoms with Crippen molar-refractivity contribution in [2.24, 2.45) is 5.10 Å². The van der Waals surface area contributed by atoms with Crippen LogP contribution >= 0.6 is 11.6 Å². The summed E-state index contributed by atoms with van der Waals surface area (Å²) in [7, 11) is -4.04. The van der Waals surface area contributed by atoms with Gasteiger partial charge in [-0.2, -0.15) is 5.10 Å². The number of halogens is 1. The lowest BCUT2D eigenvalue weighted by Crippen LogP contribution is -2.13. The summed E-state index contributed by atoms with van der Waals surface area (Å²) in [6.07, 6.45) is 3.14. The first kappa shape index (κ1) is 19.4. The number of benzene rings is 2. The van der Waals surface area contributed by atoms with Crippen molar-refractivity contribution in [3.63, 3.8) is 0 Å². The molecule has 0 saturated heterocycles. The van der Waals surface area contributed by atoms with Gasteiger partial charge in [-0.3, -0.25) is 20.3 Å². The Balaban J connectivity index is 1.86. The van der Waals surface area contributed by atoms with Crippen molar-refractivity contribution in [3.05, 3.63) is 81.6 Å². The van der Waals surface area contributed by atoms with Gasteiger partial charge in [0.2, 0.25) is 0 Å². The molecule has 3 rings (SSSR count). The average molecular weight is 420 g/mol. The number of nitrogens with one attached hydrogen (secondary N) is 3. The zero-order valence-corrected chi connectivity index (χ0v) is 15.7. The van der Waals surface area contributed by atoms with Crippen LogP contribution in [0.3, 0.4) is 0 Å². The maximum absolute atomic E-state index is 12.5. The van der Waals surface area contributed by atoms with Crippen LogP contribution in [0.1, 0.15) is 5.69 Å². The molecule has 0 atom stereocenters. The lowest BCUT2D eigenvalue weighted by molar-refractivity contribution is -0.384. The van der Waals surface area contributed by atoms with Gasteiger partial charge in [0, 0.05) is 17.3 Å². The minimum absolute atomic E-state index is 0.0505.